The molecule has 0 aliphatic carbocycles. The first kappa shape index (κ1) is 22.0. The summed E-state index contributed by atoms with van der Waals surface area (Å²) in [6.45, 7) is 5.05. The molecule has 0 fully saturated rings. The van der Waals surface area contributed by atoms with Crippen LogP contribution in [0, 0.1) is 19.7 Å². The minimum Gasteiger partial charge on any atom is -0.467 e. The zero-order valence-electron chi connectivity index (χ0n) is 17.5. The maximum atomic E-state index is 13.3. The van der Waals surface area contributed by atoms with E-state index in [1.165, 1.54) is 35.4 Å². The van der Waals surface area contributed by atoms with Gasteiger partial charge in [0.15, 0.2) is 5.78 Å². The van der Waals surface area contributed by atoms with E-state index in [4.69, 9.17) is 9.15 Å². The van der Waals surface area contributed by atoms with Gasteiger partial charge in [-0.3, -0.25) is 9.59 Å². The van der Waals surface area contributed by atoms with Crippen LogP contribution in [0.3, 0.4) is 0 Å². The normalized spacial score (nSPS) is 10.7. The average Bonchev–Trinajstić information content (AvgIpc) is 3.35. The third-order valence-corrected chi connectivity index (χ3v) is 4.84. The van der Waals surface area contributed by atoms with E-state index in [1.807, 2.05) is 0 Å². The highest BCUT2D eigenvalue weighted by Crippen LogP contribution is 2.21. The molecule has 2 heterocycles. The number of aromatic nitrogens is 1. The quantitative estimate of drug-likeness (QED) is 0.433. The van der Waals surface area contributed by atoms with Crippen molar-refractivity contribution in [2.75, 3.05) is 13.2 Å². The van der Waals surface area contributed by atoms with E-state index < -0.39 is 17.7 Å². The van der Waals surface area contributed by atoms with Crippen LogP contribution >= 0.6 is 0 Å². The molecule has 0 spiro atoms. The van der Waals surface area contributed by atoms with E-state index in [-0.39, 0.29) is 36.7 Å². The molecule has 0 bridgehead atoms. The number of ether oxygens (including phenoxy) is 1. The number of halogens is 1. The summed E-state index contributed by atoms with van der Waals surface area (Å²) in [4.78, 5) is 42.6. The van der Waals surface area contributed by atoms with Crippen LogP contribution in [0.2, 0.25) is 0 Å². The summed E-state index contributed by atoms with van der Waals surface area (Å²) >= 11 is 0. The Balaban J connectivity index is 1.89. The molecule has 0 radical (unpaired) electrons. The number of benzene rings is 1. The SMILES string of the molecule is CCOC(=O)c1[nH]c(C)c(C(=O)CN(Cc2ccco2)C(=O)c2ccc(F)cc2)c1C. The average molecular weight is 426 g/mol. The molecule has 0 saturated carbocycles. The molecule has 3 aromatic rings. The molecular weight excluding hydrogens is 403 g/mol. The van der Waals surface area contributed by atoms with Gasteiger partial charge in [0, 0.05) is 16.8 Å². The van der Waals surface area contributed by atoms with Crippen molar-refractivity contribution in [3.05, 3.63) is 82.3 Å². The molecule has 1 N–H and O–H groups in total. The second kappa shape index (κ2) is 9.42. The molecule has 7 nitrogen and oxygen atoms in total. The molecule has 0 atom stereocenters. The van der Waals surface area contributed by atoms with E-state index >= 15 is 0 Å². The van der Waals surface area contributed by atoms with Gasteiger partial charge in [-0.25, -0.2) is 9.18 Å². The molecule has 162 valence electrons. The number of furan rings is 1. The molecule has 0 unspecified atom stereocenters. The van der Waals surface area contributed by atoms with Crippen LogP contribution in [-0.4, -0.2) is 40.7 Å². The number of aromatic amines is 1. The number of carbonyl (C=O) groups excluding carboxylic acids is 3. The maximum Gasteiger partial charge on any atom is 0.355 e. The number of aryl methyl sites for hydroxylation is 1. The van der Waals surface area contributed by atoms with Crippen LogP contribution in [0.4, 0.5) is 4.39 Å². The van der Waals surface area contributed by atoms with Crippen molar-refractivity contribution in [1.29, 1.82) is 0 Å². The summed E-state index contributed by atoms with van der Waals surface area (Å²) in [5.41, 5.74) is 1.77. The molecule has 1 amide bonds. The van der Waals surface area contributed by atoms with Crippen LogP contribution in [0.1, 0.15) is 55.1 Å². The van der Waals surface area contributed by atoms with Gasteiger partial charge in [0.05, 0.1) is 26.0 Å². The summed E-state index contributed by atoms with van der Waals surface area (Å²) in [6, 6.07) is 8.48. The maximum absolute atomic E-state index is 13.3. The van der Waals surface area contributed by atoms with Crippen molar-refractivity contribution in [2.45, 2.75) is 27.3 Å². The molecule has 0 saturated heterocycles. The number of esters is 1. The van der Waals surface area contributed by atoms with Gasteiger partial charge in [-0.05, 0) is 62.7 Å². The number of nitrogens with one attached hydrogen (secondary N) is 1. The smallest absolute Gasteiger partial charge is 0.355 e. The molecule has 3 rings (SSSR count). The van der Waals surface area contributed by atoms with Gasteiger partial charge in [0.1, 0.15) is 17.3 Å². The topological polar surface area (TPSA) is 92.6 Å². The lowest BCUT2D eigenvalue weighted by Gasteiger charge is -2.21. The van der Waals surface area contributed by atoms with Crippen molar-refractivity contribution < 1.29 is 27.9 Å². The van der Waals surface area contributed by atoms with Gasteiger partial charge in [0.2, 0.25) is 0 Å². The molecule has 0 aliphatic heterocycles. The first-order valence-electron chi connectivity index (χ1n) is 9.78. The van der Waals surface area contributed by atoms with Crippen LogP contribution in [0.25, 0.3) is 0 Å². The summed E-state index contributed by atoms with van der Waals surface area (Å²) in [7, 11) is 0. The van der Waals surface area contributed by atoms with Gasteiger partial charge >= 0.3 is 5.97 Å². The van der Waals surface area contributed by atoms with Gasteiger partial charge in [-0.1, -0.05) is 0 Å². The highest BCUT2D eigenvalue weighted by molar-refractivity contribution is 6.05. The van der Waals surface area contributed by atoms with Gasteiger partial charge in [-0.15, -0.1) is 0 Å². The second-order valence-corrected chi connectivity index (χ2v) is 7.02. The number of ketones is 1. The zero-order chi connectivity index (χ0) is 22.5. The second-order valence-electron chi connectivity index (χ2n) is 7.02. The Hall–Kier alpha value is -3.68. The zero-order valence-corrected chi connectivity index (χ0v) is 17.5. The highest BCUT2D eigenvalue weighted by atomic mass is 19.1. The van der Waals surface area contributed by atoms with E-state index in [0.29, 0.717) is 22.6 Å². The first-order chi connectivity index (χ1) is 14.8. The Morgan fingerprint density at radius 1 is 1.13 bits per heavy atom. The Labute approximate surface area is 178 Å². The van der Waals surface area contributed by atoms with E-state index in [1.54, 1.807) is 32.9 Å². The van der Waals surface area contributed by atoms with E-state index in [0.717, 1.165) is 0 Å². The van der Waals surface area contributed by atoms with Crippen molar-refractivity contribution in [1.82, 2.24) is 9.88 Å². The molecule has 8 heteroatoms. The number of nitrogens with zero attached hydrogens (tertiary/aromatic N) is 1. The predicted octanol–water partition coefficient (Wildman–Crippen LogP) is 4.07. The van der Waals surface area contributed by atoms with Gasteiger partial charge < -0.3 is 19.0 Å². The molecule has 1 aromatic carbocycles. The Kier molecular flexibility index (Phi) is 6.69. The number of amides is 1. The van der Waals surface area contributed by atoms with Crippen LogP contribution in [-0.2, 0) is 11.3 Å². The highest BCUT2D eigenvalue weighted by Gasteiger charge is 2.26. The summed E-state index contributed by atoms with van der Waals surface area (Å²) in [5.74, 6) is -1.30. The van der Waals surface area contributed by atoms with Crippen LogP contribution in [0.15, 0.2) is 47.1 Å². The van der Waals surface area contributed by atoms with Crippen molar-refractivity contribution in [3.63, 3.8) is 0 Å². The lowest BCUT2D eigenvalue weighted by molar-refractivity contribution is 0.0519. The van der Waals surface area contributed by atoms with Crippen LogP contribution in [0.5, 0.6) is 0 Å². The minimum absolute atomic E-state index is 0.0577. The van der Waals surface area contributed by atoms with E-state index in [9.17, 15) is 18.8 Å². The Morgan fingerprint density at radius 3 is 2.45 bits per heavy atom. The standard InChI is InChI=1S/C23H23FN2O5/c1-4-30-23(29)21-14(2)20(15(3)25-21)19(27)13-26(12-18-6-5-11-31-18)22(28)16-7-9-17(24)10-8-16/h5-11,25H,4,12-13H2,1-3H3. The fourth-order valence-corrected chi connectivity index (χ4v) is 3.39. The predicted molar refractivity (Wildman–Crippen MR) is 110 cm³/mol. The fraction of sp³-hybridized carbons (Fsp3) is 0.261. The molecular formula is C23H23FN2O5. The number of rotatable bonds is 8. The first-order valence-corrected chi connectivity index (χ1v) is 9.78. The van der Waals surface area contributed by atoms with Crippen molar-refractivity contribution in [3.8, 4) is 0 Å². The van der Waals surface area contributed by atoms with Crippen molar-refractivity contribution in [2.24, 2.45) is 0 Å². The molecule has 31 heavy (non-hydrogen) atoms. The third kappa shape index (κ3) is 4.91. The number of hydrogen-bond acceptors (Lipinski definition) is 5. The van der Waals surface area contributed by atoms with Gasteiger partial charge in [-0.2, -0.15) is 0 Å². The molecule has 0 aliphatic rings. The molecule has 2 aromatic heterocycles. The lowest BCUT2D eigenvalue weighted by Crippen LogP contribution is -2.35. The van der Waals surface area contributed by atoms with Gasteiger partial charge in [0.25, 0.3) is 5.91 Å². The Bertz CT molecular complexity index is 1080. The summed E-state index contributed by atoms with van der Waals surface area (Å²) in [5, 5.41) is 0. The summed E-state index contributed by atoms with van der Waals surface area (Å²) < 4.78 is 23.6. The van der Waals surface area contributed by atoms with Crippen molar-refractivity contribution >= 4 is 17.7 Å². The number of H-pyrrole nitrogens is 1. The van der Waals surface area contributed by atoms with E-state index in [2.05, 4.69) is 4.98 Å². The summed E-state index contributed by atoms with van der Waals surface area (Å²) in [6.07, 6.45) is 1.48. The third-order valence-electron chi connectivity index (χ3n) is 4.84. The fourth-order valence-electron chi connectivity index (χ4n) is 3.39. The lowest BCUT2D eigenvalue weighted by atomic mass is 10.0. The number of carbonyl (C=O) groups is 3. The minimum atomic E-state index is -0.544. The number of Topliss-reactive ketones (excluding diaryl/α,β-unsaturated/α-hetero) is 1. The monoisotopic (exact) mass is 426 g/mol. The largest absolute Gasteiger partial charge is 0.467 e. The van der Waals surface area contributed by atoms with Crippen LogP contribution < -0.4 is 0 Å². The Morgan fingerprint density at radius 2 is 1.84 bits per heavy atom. The number of hydrogen-bond donors (Lipinski definition) is 1.